The van der Waals surface area contributed by atoms with E-state index in [4.69, 9.17) is 0 Å². The summed E-state index contributed by atoms with van der Waals surface area (Å²) in [5, 5.41) is 5.74. The third kappa shape index (κ3) is 2.74. The van der Waals surface area contributed by atoms with E-state index in [2.05, 4.69) is 20.6 Å². The number of carbonyl (C=O) groups excluding carboxylic acids is 2. The first-order valence-electron chi connectivity index (χ1n) is 7.82. The number of hydrogen-bond donors (Lipinski definition) is 3. The Kier molecular flexibility index (Phi) is 3.49. The van der Waals surface area contributed by atoms with Crippen molar-refractivity contribution in [1.29, 1.82) is 0 Å². The molecule has 0 saturated heterocycles. The van der Waals surface area contributed by atoms with Gasteiger partial charge in [-0.05, 0) is 41.8 Å². The molecule has 3 N–H and O–H groups in total. The Hall–Kier alpha value is -3.15. The molecule has 4 rings (SSSR count). The number of hydrogen-bond acceptors (Lipinski definition) is 3. The van der Waals surface area contributed by atoms with Gasteiger partial charge in [-0.15, -0.1) is 0 Å². The minimum atomic E-state index is -0.107. The van der Waals surface area contributed by atoms with Crippen molar-refractivity contribution in [2.75, 3.05) is 11.9 Å². The normalized spacial score (nSPS) is 12.9. The third-order valence-electron chi connectivity index (χ3n) is 4.18. The molecule has 0 fully saturated rings. The summed E-state index contributed by atoms with van der Waals surface area (Å²) in [5.74, 6) is -0.0749. The van der Waals surface area contributed by atoms with Crippen LogP contribution in [0.3, 0.4) is 0 Å². The predicted molar refractivity (Wildman–Crippen MR) is 90.9 cm³/mol. The Balaban J connectivity index is 1.37. The molecule has 0 aliphatic carbocycles. The van der Waals surface area contributed by atoms with Gasteiger partial charge in [-0.2, -0.15) is 0 Å². The lowest BCUT2D eigenvalue weighted by molar-refractivity contribution is -0.115. The number of carbonyl (C=O) groups is 2. The van der Waals surface area contributed by atoms with Crippen LogP contribution in [0.15, 0.2) is 42.7 Å². The van der Waals surface area contributed by atoms with Gasteiger partial charge in [-0.3, -0.25) is 9.59 Å². The molecule has 2 amide bonds. The Bertz CT molecular complexity index is 945. The number of H-pyrrole nitrogens is 1. The van der Waals surface area contributed by atoms with Crippen LogP contribution < -0.4 is 10.6 Å². The minimum Gasteiger partial charge on any atom is -0.352 e. The van der Waals surface area contributed by atoms with Crippen LogP contribution in [0.1, 0.15) is 21.5 Å². The highest BCUT2D eigenvalue weighted by atomic mass is 16.2. The van der Waals surface area contributed by atoms with Gasteiger partial charge in [-0.1, -0.05) is 12.1 Å². The van der Waals surface area contributed by atoms with Gasteiger partial charge < -0.3 is 15.6 Å². The van der Waals surface area contributed by atoms with Crippen molar-refractivity contribution in [3.63, 3.8) is 0 Å². The van der Waals surface area contributed by atoms with Gasteiger partial charge in [0.1, 0.15) is 0 Å². The average molecular weight is 320 g/mol. The van der Waals surface area contributed by atoms with Gasteiger partial charge in [0.25, 0.3) is 5.91 Å². The zero-order valence-electron chi connectivity index (χ0n) is 12.9. The quantitative estimate of drug-likeness (QED) is 0.687. The van der Waals surface area contributed by atoms with Crippen molar-refractivity contribution < 1.29 is 9.59 Å². The molecule has 1 aliphatic heterocycles. The molecule has 1 aliphatic rings. The van der Waals surface area contributed by atoms with Crippen LogP contribution in [0.4, 0.5) is 5.69 Å². The zero-order chi connectivity index (χ0) is 16.5. The molecule has 120 valence electrons. The van der Waals surface area contributed by atoms with Gasteiger partial charge in [0.15, 0.2) is 0 Å². The summed E-state index contributed by atoms with van der Waals surface area (Å²) >= 11 is 0. The molecule has 6 nitrogen and oxygen atoms in total. The Labute approximate surface area is 138 Å². The fourth-order valence-electron chi connectivity index (χ4n) is 2.94. The summed E-state index contributed by atoms with van der Waals surface area (Å²) < 4.78 is 0. The van der Waals surface area contributed by atoms with Crippen LogP contribution in [0, 0.1) is 0 Å². The predicted octanol–water partition coefficient (Wildman–Crippen LogP) is 2.03. The molecule has 6 heteroatoms. The van der Waals surface area contributed by atoms with Gasteiger partial charge in [0.2, 0.25) is 5.91 Å². The number of nitrogens with one attached hydrogen (secondary N) is 3. The molecule has 24 heavy (non-hydrogen) atoms. The van der Waals surface area contributed by atoms with E-state index in [-0.39, 0.29) is 11.8 Å². The average Bonchev–Trinajstić information content (AvgIpc) is 3.18. The van der Waals surface area contributed by atoms with Crippen molar-refractivity contribution in [1.82, 2.24) is 15.3 Å². The molecular weight excluding hydrogens is 304 g/mol. The standard InChI is InChI=1S/C18H16N4O2/c23-17-9-13-7-11(1-3-14(13)22-17)5-6-19-18(24)12-2-4-15-16(8-12)21-10-20-15/h1-4,7-8,10H,5-6,9H2,(H,19,24)(H,20,21)(H,22,23). The van der Waals surface area contributed by atoms with E-state index in [1.807, 2.05) is 24.3 Å². The molecule has 0 spiro atoms. The maximum absolute atomic E-state index is 12.2. The SMILES string of the molecule is O=C1Cc2cc(CCNC(=O)c3ccc4nc[nH]c4c3)ccc2N1. The molecular formula is C18H16N4O2. The van der Waals surface area contributed by atoms with Crippen molar-refractivity contribution in [3.05, 3.63) is 59.4 Å². The van der Waals surface area contributed by atoms with Gasteiger partial charge in [-0.25, -0.2) is 4.98 Å². The number of imidazole rings is 1. The van der Waals surface area contributed by atoms with E-state index in [0.29, 0.717) is 18.5 Å². The Morgan fingerprint density at radius 3 is 3.04 bits per heavy atom. The van der Waals surface area contributed by atoms with Crippen LogP contribution in [-0.2, 0) is 17.6 Å². The van der Waals surface area contributed by atoms with Crippen molar-refractivity contribution in [3.8, 4) is 0 Å². The molecule has 1 aromatic heterocycles. The summed E-state index contributed by atoms with van der Waals surface area (Å²) in [6, 6.07) is 11.3. The second kappa shape index (κ2) is 5.81. The minimum absolute atomic E-state index is 0.0321. The summed E-state index contributed by atoms with van der Waals surface area (Å²) in [5.41, 5.74) is 5.31. The molecule has 0 unspecified atom stereocenters. The second-order valence-corrected chi connectivity index (χ2v) is 5.86. The summed E-state index contributed by atoms with van der Waals surface area (Å²) in [6.45, 7) is 0.542. The molecule has 0 saturated carbocycles. The van der Waals surface area contributed by atoms with E-state index >= 15 is 0 Å². The largest absolute Gasteiger partial charge is 0.352 e. The van der Waals surface area contributed by atoms with Crippen LogP contribution >= 0.6 is 0 Å². The van der Waals surface area contributed by atoms with Crippen molar-refractivity contribution >= 4 is 28.5 Å². The number of fused-ring (bicyclic) bond motifs is 2. The number of nitrogens with zero attached hydrogens (tertiary/aromatic N) is 1. The fraction of sp³-hybridized carbons (Fsp3) is 0.167. The first-order chi connectivity index (χ1) is 11.7. The van der Waals surface area contributed by atoms with Gasteiger partial charge >= 0.3 is 0 Å². The number of aromatic amines is 1. The van der Waals surface area contributed by atoms with Crippen LogP contribution in [0.25, 0.3) is 11.0 Å². The Morgan fingerprint density at radius 2 is 2.12 bits per heavy atom. The molecule has 2 aromatic carbocycles. The maximum atomic E-state index is 12.2. The summed E-state index contributed by atoms with van der Waals surface area (Å²) in [4.78, 5) is 30.7. The monoisotopic (exact) mass is 320 g/mol. The molecule has 0 bridgehead atoms. The lowest BCUT2D eigenvalue weighted by Gasteiger charge is -2.07. The summed E-state index contributed by atoms with van der Waals surface area (Å²) in [6.07, 6.45) is 2.76. The zero-order valence-corrected chi connectivity index (χ0v) is 12.9. The molecule has 3 aromatic rings. The second-order valence-electron chi connectivity index (χ2n) is 5.86. The van der Waals surface area contributed by atoms with Gasteiger partial charge in [0, 0.05) is 17.8 Å². The van der Waals surface area contributed by atoms with E-state index < -0.39 is 0 Å². The lowest BCUT2D eigenvalue weighted by atomic mass is 10.1. The first kappa shape index (κ1) is 14.4. The fourth-order valence-corrected chi connectivity index (χ4v) is 2.94. The van der Waals surface area contributed by atoms with E-state index in [0.717, 1.165) is 34.3 Å². The molecule has 0 atom stereocenters. The summed E-state index contributed by atoms with van der Waals surface area (Å²) in [7, 11) is 0. The number of benzene rings is 2. The molecule has 2 heterocycles. The number of aromatic nitrogens is 2. The van der Waals surface area contributed by atoms with E-state index in [1.54, 1.807) is 18.5 Å². The van der Waals surface area contributed by atoms with Crippen LogP contribution in [0.5, 0.6) is 0 Å². The van der Waals surface area contributed by atoms with Crippen molar-refractivity contribution in [2.45, 2.75) is 12.8 Å². The third-order valence-corrected chi connectivity index (χ3v) is 4.18. The van der Waals surface area contributed by atoms with E-state index in [9.17, 15) is 9.59 Å². The Morgan fingerprint density at radius 1 is 1.21 bits per heavy atom. The number of anilines is 1. The van der Waals surface area contributed by atoms with Crippen LogP contribution in [0.2, 0.25) is 0 Å². The number of rotatable bonds is 4. The highest BCUT2D eigenvalue weighted by Crippen LogP contribution is 2.23. The van der Waals surface area contributed by atoms with Crippen molar-refractivity contribution in [2.24, 2.45) is 0 Å². The van der Waals surface area contributed by atoms with Gasteiger partial charge in [0.05, 0.1) is 23.8 Å². The highest BCUT2D eigenvalue weighted by molar-refractivity contribution is 5.99. The first-order valence-corrected chi connectivity index (χ1v) is 7.82. The molecule has 0 radical (unpaired) electrons. The smallest absolute Gasteiger partial charge is 0.251 e. The number of amides is 2. The van der Waals surface area contributed by atoms with Crippen LogP contribution in [-0.4, -0.2) is 28.3 Å². The topological polar surface area (TPSA) is 86.9 Å². The maximum Gasteiger partial charge on any atom is 0.251 e. The highest BCUT2D eigenvalue weighted by Gasteiger charge is 2.17. The lowest BCUT2D eigenvalue weighted by Crippen LogP contribution is -2.25. The van der Waals surface area contributed by atoms with E-state index in [1.165, 1.54) is 0 Å².